The first-order chi connectivity index (χ1) is 13.2. The average molecular weight is 362 g/mol. The number of para-hydroxylation sites is 3. The first kappa shape index (κ1) is 17.3. The average Bonchev–Trinajstić information content (AvgIpc) is 3.24. The van der Waals surface area contributed by atoms with Gasteiger partial charge in [0.1, 0.15) is 5.71 Å². The lowest BCUT2D eigenvalue weighted by Gasteiger charge is -2.24. The molecule has 1 N–H and O–H groups in total. The molecule has 0 saturated carbocycles. The number of benzene rings is 2. The van der Waals surface area contributed by atoms with Gasteiger partial charge in [-0.25, -0.2) is 5.01 Å². The van der Waals surface area contributed by atoms with Crippen molar-refractivity contribution in [1.29, 1.82) is 0 Å². The monoisotopic (exact) mass is 362 g/mol. The van der Waals surface area contributed by atoms with Gasteiger partial charge in [-0.2, -0.15) is 5.10 Å². The smallest absolute Gasteiger partial charge is 0.271 e. The molecule has 0 aromatic heterocycles. The van der Waals surface area contributed by atoms with Crippen LogP contribution in [-0.2, 0) is 9.59 Å². The molecule has 138 valence electrons. The van der Waals surface area contributed by atoms with Crippen molar-refractivity contribution in [2.24, 2.45) is 5.10 Å². The Labute approximate surface area is 158 Å². The van der Waals surface area contributed by atoms with Crippen molar-refractivity contribution in [1.82, 2.24) is 0 Å². The molecule has 0 atom stereocenters. The molecule has 2 aliphatic rings. The number of amides is 2. The number of nitrogens with one attached hydrogen (secondary N) is 1. The highest BCUT2D eigenvalue weighted by Gasteiger charge is 2.26. The lowest BCUT2D eigenvalue weighted by atomic mass is 10.1. The Bertz CT molecular complexity index is 873. The van der Waals surface area contributed by atoms with E-state index in [1.54, 1.807) is 0 Å². The van der Waals surface area contributed by atoms with Crippen molar-refractivity contribution in [3.05, 3.63) is 54.6 Å². The Hall–Kier alpha value is -3.15. The maximum Gasteiger partial charge on any atom is 0.271 e. The van der Waals surface area contributed by atoms with Crippen molar-refractivity contribution >= 4 is 34.6 Å². The predicted molar refractivity (Wildman–Crippen MR) is 107 cm³/mol. The third-order valence-electron chi connectivity index (χ3n) is 4.89. The molecule has 0 aliphatic carbocycles. The van der Waals surface area contributed by atoms with Crippen LogP contribution in [0.4, 0.5) is 17.1 Å². The minimum absolute atomic E-state index is 0.102. The molecule has 1 fully saturated rings. The van der Waals surface area contributed by atoms with Crippen LogP contribution in [-0.4, -0.2) is 30.6 Å². The number of hydrazone groups is 1. The summed E-state index contributed by atoms with van der Waals surface area (Å²) in [6.45, 7) is 2.01. The van der Waals surface area contributed by atoms with Crippen molar-refractivity contribution < 1.29 is 9.59 Å². The van der Waals surface area contributed by atoms with E-state index in [1.807, 2.05) is 54.6 Å². The van der Waals surface area contributed by atoms with Crippen molar-refractivity contribution in [2.45, 2.75) is 25.7 Å². The summed E-state index contributed by atoms with van der Waals surface area (Å²) in [4.78, 5) is 27.3. The highest BCUT2D eigenvalue weighted by molar-refractivity contribution is 6.44. The van der Waals surface area contributed by atoms with Crippen LogP contribution in [0.1, 0.15) is 25.7 Å². The lowest BCUT2D eigenvalue weighted by molar-refractivity contribution is -0.118. The molecular weight excluding hydrogens is 340 g/mol. The van der Waals surface area contributed by atoms with Gasteiger partial charge in [-0.15, -0.1) is 0 Å². The van der Waals surface area contributed by atoms with Gasteiger partial charge in [0.05, 0.1) is 17.1 Å². The number of carbonyl (C=O) groups is 2. The second-order valence-corrected chi connectivity index (χ2v) is 6.75. The second kappa shape index (κ2) is 7.61. The lowest BCUT2D eigenvalue weighted by Crippen LogP contribution is -2.36. The van der Waals surface area contributed by atoms with Crippen LogP contribution in [0.25, 0.3) is 0 Å². The fourth-order valence-electron chi connectivity index (χ4n) is 3.50. The van der Waals surface area contributed by atoms with Gasteiger partial charge in [0, 0.05) is 25.9 Å². The van der Waals surface area contributed by atoms with E-state index in [0.29, 0.717) is 17.8 Å². The molecule has 2 aromatic carbocycles. The molecule has 6 nitrogen and oxygen atoms in total. The zero-order valence-corrected chi connectivity index (χ0v) is 15.1. The Morgan fingerprint density at radius 2 is 1.63 bits per heavy atom. The summed E-state index contributed by atoms with van der Waals surface area (Å²) >= 11 is 0. The van der Waals surface area contributed by atoms with Gasteiger partial charge in [0.25, 0.3) is 5.91 Å². The number of anilines is 3. The normalized spacial score (nSPS) is 17.0. The van der Waals surface area contributed by atoms with E-state index < -0.39 is 0 Å². The van der Waals surface area contributed by atoms with Crippen LogP contribution in [0.5, 0.6) is 0 Å². The zero-order valence-electron chi connectivity index (χ0n) is 15.1. The largest absolute Gasteiger partial charge is 0.370 e. The molecule has 0 unspecified atom stereocenters. The molecule has 1 saturated heterocycles. The Kier molecular flexibility index (Phi) is 4.87. The van der Waals surface area contributed by atoms with Crippen LogP contribution < -0.4 is 15.2 Å². The van der Waals surface area contributed by atoms with Gasteiger partial charge in [0.15, 0.2) is 0 Å². The van der Waals surface area contributed by atoms with E-state index in [0.717, 1.165) is 24.5 Å². The Morgan fingerprint density at radius 1 is 0.926 bits per heavy atom. The summed E-state index contributed by atoms with van der Waals surface area (Å²) in [6.07, 6.45) is 2.96. The molecule has 0 bridgehead atoms. The Morgan fingerprint density at radius 3 is 2.41 bits per heavy atom. The zero-order chi connectivity index (χ0) is 18.6. The minimum atomic E-state index is -0.255. The summed E-state index contributed by atoms with van der Waals surface area (Å²) in [5, 5.41) is 8.65. The summed E-state index contributed by atoms with van der Waals surface area (Å²) < 4.78 is 0. The van der Waals surface area contributed by atoms with E-state index >= 15 is 0 Å². The van der Waals surface area contributed by atoms with E-state index in [1.165, 1.54) is 17.9 Å². The summed E-state index contributed by atoms with van der Waals surface area (Å²) in [6, 6.07) is 17.0. The molecule has 2 heterocycles. The SMILES string of the molecule is O=C(Nc1ccccc1N1CCCC1)C1=NN(c2ccccc2)C(=O)CC1. The van der Waals surface area contributed by atoms with Gasteiger partial charge in [-0.1, -0.05) is 30.3 Å². The third kappa shape index (κ3) is 3.69. The molecule has 4 rings (SSSR count). The molecule has 6 heteroatoms. The van der Waals surface area contributed by atoms with Crippen molar-refractivity contribution in [2.75, 3.05) is 28.3 Å². The van der Waals surface area contributed by atoms with Gasteiger partial charge in [0.2, 0.25) is 5.91 Å². The molecule has 0 spiro atoms. The number of nitrogens with zero attached hydrogens (tertiary/aromatic N) is 3. The quantitative estimate of drug-likeness (QED) is 0.906. The molecule has 2 aromatic rings. The molecule has 27 heavy (non-hydrogen) atoms. The fraction of sp³-hybridized carbons (Fsp3) is 0.286. The van der Waals surface area contributed by atoms with Crippen molar-refractivity contribution in [3.8, 4) is 0 Å². The molecular formula is C21H22N4O2. The van der Waals surface area contributed by atoms with Gasteiger partial charge in [-0.05, 0) is 37.1 Å². The third-order valence-corrected chi connectivity index (χ3v) is 4.89. The number of hydrogen-bond acceptors (Lipinski definition) is 4. The first-order valence-corrected chi connectivity index (χ1v) is 9.33. The van der Waals surface area contributed by atoms with Crippen LogP contribution in [0, 0.1) is 0 Å². The second-order valence-electron chi connectivity index (χ2n) is 6.75. The highest BCUT2D eigenvalue weighted by Crippen LogP contribution is 2.29. The predicted octanol–water partition coefficient (Wildman–Crippen LogP) is 3.41. The van der Waals surface area contributed by atoms with Gasteiger partial charge < -0.3 is 10.2 Å². The summed E-state index contributed by atoms with van der Waals surface area (Å²) in [5.74, 6) is -0.356. The topological polar surface area (TPSA) is 65.0 Å². The molecule has 2 aliphatic heterocycles. The molecule has 0 radical (unpaired) electrons. The van der Waals surface area contributed by atoms with E-state index in [-0.39, 0.29) is 18.2 Å². The van der Waals surface area contributed by atoms with Gasteiger partial charge >= 0.3 is 0 Å². The highest BCUT2D eigenvalue weighted by atomic mass is 16.2. The standard InChI is InChI=1S/C21H22N4O2/c26-20-13-12-18(23-25(20)16-8-2-1-3-9-16)21(27)22-17-10-4-5-11-19(17)24-14-6-7-15-24/h1-5,8-11H,6-7,12-15H2,(H,22,27). The number of hydrogen-bond donors (Lipinski definition) is 1. The van der Waals surface area contributed by atoms with Crippen molar-refractivity contribution in [3.63, 3.8) is 0 Å². The minimum Gasteiger partial charge on any atom is -0.370 e. The van der Waals surface area contributed by atoms with E-state index in [2.05, 4.69) is 15.3 Å². The molecule has 2 amide bonds. The first-order valence-electron chi connectivity index (χ1n) is 9.33. The number of carbonyl (C=O) groups excluding carboxylic acids is 2. The summed E-state index contributed by atoms with van der Waals surface area (Å²) in [5.41, 5.74) is 2.87. The van der Waals surface area contributed by atoms with Gasteiger partial charge in [-0.3, -0.25) is 9.59 Å². The number of rotatable bonds is 4. The maximum absolute atomic E-state index is 12.8. The van der Waals surface area contributed by atoms with Crippen LogP contribution in [0.2, 0.25) is 0 Å². The van der Waals surface area contributed by atoms with E-state index in [4.69, 9.17) is 0 Å². The van der Waals surface area contributed by atoms with Crippen LogP contribution in [0.3, 0.4) is 0 Å². The summed E-state index contributed by atoms with van der Waals surface area (Å²) in [7, 11) is 0. The van der Waals surface area contributed by atoms with Crippen LogP contribution in [0.15, 0.2) is 59.7 Å². The Balaban J connectivity index is 1.56. The van der Waals surface area contributed by atoms with E-state index in [9.17, 15) is 9.59 Å². The fourth-order valence-corrected chi connectivity index (χ4v) is 3.50. The maximum atomic E-state index is 12.8. The van der Waals surface area contributed by atoms with Crippen LogP contribution >= 0.6 is 0 Å².